The van der Waals surface area contributed by atoms with Crippen LogP contribution in [0.3, 0.4) is 0 Å². The molecule has 0 aromatic heterocycles. The van der Waals surface area contributed by atoms with Crippen LogP contribution in [0.4, 0.5) is 0 Å². The van der Waals surface area contributed by atoms with E-state index in [1.165, 1.54) is 103 Å². The molecule has 0 saturated carbocycles. The van der Waals surface area contributed by atoms with Gasteiger partial charge in [-0.25, -0.2) is 0 Å². The number of nitrogens with zero attached hydrogens (tertiary/aromatic N) is 2. The highest BCUT2D eigenvalue weighted by Gasteiger charge is 2.29. The Morgan fingerprint density at radius 3 is 1.26 bits per heavy atom. The summed E-state index contributed by atoms with van der Waals surface area (Å²) >= 11 is 0. The molecule has 0 aliphatic heterocycles. The summed E-state index contributed by atoms with van der Waals surface area (Å²) in [4.78, 5) is 57.8. The third-order valence-electron chi connectivity index (χ3n) is 14.3. The van der Waals surface area contributed by atoms with E-state index in [1.807, 2.05) is 4.90 Å². The van der Waals surface area contributed by atoms with Crippen LogP contribution >= 0.6 is 0 Å². The quantitative estimate of drug-likeness (QED) is 0.0478. The van der Waals surface area contributed by atoms with Gasteiger partial charge in [0.1, 0.15) is 6.04 Å². The smallest absolute Gasteiger partial charge is 0.305 e. The zero-order chi connectivity index (χ0) is 50.1. The van der Waals surface area contributed by atoms with E-state index in [9.17, 15) is 19.2 Å². The molecule has 0 spiro atoms. The van der Waals surface area contributed by atoms with Gasteiger partial charge in [-0.1, -0.05) is 203 Å². The Bertz CT molecular complexity index is 1150. The number of hydrogen-bond donors (Lipinski definition) is 1. The highest BCUT2D eigenvalue weighted by Crippen LogP contribution is 2.21. The van der Waals surface area contributed by atoms with E-state index in [2.05, 4.69) is 58.7 Å². The summed E-state index contributed by atoms with van der Waals surface area (Å²) in [6, 6.07) is -0.453. The maximum Gasteiger partial charge on any atom is 0.305 e. The molecule has 0 rings (SSSR count). The molecule has 3 unspecified atom stereocenters. The number of carbonyl (C=O) groups excluding carboxylic acids is 4. The number of hydrogen-bond acceptors (Lipinski definition) is 7. The van der Waals surface area contributed by atoms with Gasteiger partial charge in [0.05, 0.1) is 13.2 Å². The van der Waals surface area contributed by atoms with Gasteiger partial charge >= 0.3 is 11.9 Å². The summed E-state index contributed by atoms with van der Waals surface area (Å²) < 4.78 is 11.5. The maximum atomic E-state index is 14.2. The molecule has 3 atom stereocenters. The van der Waals surface area contributed by atoms with Gasteiger partial charge in [-0.2, -0.15) is 0 Å². The van der Waals surface area contributed by atoms with Crippen molar-refractivity contribution in [3.63, 3.8) is 0 Å². The first-order valence-corrected chi connectivity index (χ1v) is 29.8. The molecule has 0 aromatic rings. The average molecular weight is 963 g/mol. The maximum absolute atomic E-state index is 14.2. The molecule has 0 aliphatic carbocycles. The van der Waals surface area contributed by atoms with Crippen LogP contribution in [0.15, 0.2) is 0 Å². The standard InChI is InChI=1S/C59H115N3O6/c1-8-15-20-23-30-37-48-60-59(66)55(44-39-49-61(13-6)14-7)62(50-38-31-25-24-28-35-46-57(64)67-51-53(40-18-11-4)42-32-21-16-9-2)56(63)45-34-27-26-29-36-47-58(65)68-52-54(41-19-12-5)43-33-22-17-10-3/h53-55H,8-52H2,1-7H3,(H,60,66). The van der Waals surface area contributed by atoms with Gasteiger partial charge in [-0.05, 0) is 102 Å². The van der Waals surface area contributed by atoms with Crippen LogP contribution < -0.4 is 5.32 Å². The first-order valence-electron chi connectivity index (χ1n) is 29.8. The molecule has 0 aliphatic rings. The van der Waals surface area contributed by atoms with Gasteiger partial charge in [-0.3, -0.25) is 19.2 Å². The van der Waals surface area contributed by atoms with E-state index in [0.717, 1.165) is 135 Å². The lowest BCUT2D eigenvalue weighted by atomic mass is 9.96. The molecule has 0 bridgehead atoms. The van der Waals surface area contributed by atoms with Crippen molar-refractivity contribution in [2.24, 2.45) is 11.8 Å². The van der Waals surface area contributed by atoms with Gasteiger partial charge in [0.25, 0.3) is 0 Å². The zero-order valence-electron chi connectivity index (χ0n) is 46.4. The van der Waals surface area contributed by atoms with E-state index in [-0.39, 0.29) is 23.8 Å². The lowest BCUT2D eigenvalue weighted by Crippen LogP contribution is -2.50. The van der Waals surface area contributed by atoms with Gasteiger partial charge in [0.2, 0.25) is 11.8 Å². The third kappa shape index (κ3) is 39.5. The van der Waals surface area contributed by atoms with E-state index in [4.69, 9.17) is 9.47 Å². The summed E-state index contributed by atoms with van der Waals surface area (Å²) in [5.74, 6) is 0.963. The average Bonchev–Trinajstić information content (AvgIpc) is 3.34. The van der Waals surface area contributed by atoms with Crippen molar-refractivity contribution < 1.29 is 28.7 Å². The van der Waals surface area contributed by atoms with Gasteiger partial charge in [0, 0.05) is 32.4 Å². The molecule has 402 valence electrons. The number of unbranched alkanes of at least 4 members (excludes halogenated alkanes) is 22. The SMILES string of the molecule is CCCCCCCCNC(=O)C(CCCN(CC)CC)N(CCCCCCCCC(=O)OCC(CCCC)CCCCCC)C(=O)CCCCCCCC(=O)OCC(CCCC)CCCCCC. The number of nitrogens with one attached hydrogen (secondary N) is 1. The van der Waals surface area contributed by atoms with Gasteiger partial charge in [-0.15, -0.1) is 0 Å². The van der Waals surface area contributed by atoms with Crippen LogP contribution in [0, 0.1) is 11.8 Å². The summed E-state index contributed by atoms with van der Waals surface area (Å²) in [5, 5.41) is 3.26. The molecule has 9 nitrogen and oxygen atoms in total. The van der Waals surface area contributed by atoms with E-state index in [1.54, 1.807) is 0 Å². The number of ether oxygens (including phenoxy) is 2. The summed E-state index contributed by atoms with van der Waals surface area (Å²) in [6.07, 6.45) is 39.8. The molecule has 68 heavy (non-hydrogen) atoms. The van der Waals surface area contributed by atoms with Crippen molar-refractivity contribution >= 4 is 23.8 Å². The van der Waals surface area contributed by atoms with Gasteiger partial charge in [0.15, 0.2) is 0 Å². The minimum atomic E-state index is -0.453. The van der Waals surface area contributed by atoms with Crippen LogP contribution in [0.5, 0.6) is 0 Å². The van der Waals surface area contributed by atoms with Crippen molar-refractivity contribution in [2.75, 3.05) is 45.9 Å². The summed E-state index contributed by atoms with van der Waals surface area (Å²) in [7, 11) is 0. The Morgan fingerprint density at radius 1 is 0.397 bits per heavy atom. The fourth-order valence-corrected chi connectivity index (χ4v) is 9.54. The Hall–Kier alpha value is -2.16. The number of esters is 2. The van der Waals surface area contributed by atoms with E-state index >= 15 is 0 Å². The molecule has 0 saturated heterocycles. The molecular weight excluding hydrogens is 847 g/mol. The first-order chi connectivity index (χ1) is 33.2. The first kappa shape index (κ1) is 65.8. The molecule has 2 amide bonds. The van der Waals surface area contributed by atoms with Gasteiger partial charge < -0.3 is 24.6 Å². The molecule has 0 fully saturated rings. The molecule has 9 heteroatoms. The fourth-order valence-electron chi connectivity index (χ4n) is 9.54. The van der Waals surface area contributed by atoms with Crippen molar-refractivity contribution in [1.82, 2.24) is 15.1 Å². The van der Waals surface area contributed by atoms with Crippen LogP contribution in [-0.4, -0.2) is 85.5 Å². The van der Waals surface area contributed by atoms with Crippen LogP contribution in [-0.2, 0) is 28.7 Å². The number of carbonyl (C=O) groups is 4. The van der Waals surface area contributed by atoms with E-state index in [0.29, 0.717) is 63.8 Å². The Morgan fingerprint density at radius 2 is 0.794 bits per heavy atom. The molecule has 1 N–H and O–H groups in total. The second-order valence-corrected chi connectivity index (χ2v) is 20.6. The van der Waals surface area contributed by atoms with Crippen molar-refractivity contribution in [2.45, 2.75) is 298 Å². The van der Waals surface area contributed by atoms with Crippen molar-refractivity contribution in [1.29, 1.82) is 0 Å². The van der Waals surface area contributed by atoms with E-state index < -0.39 is 6.04 Å². The molecule has 0 radical (unpaired) electrons. The Kier molecular flexibility index (Phi) is 48.2. The monoisotopic (exact) mass is 962 g/mol. The highest BCUT2D eigenvalue weighted by atomic mass is 16.5. The summed E-state index contributed by atoms with van der Waals surface area (Å²) in [5.41, 5.74) is 0. The largest absolute Gasteiger partial charge is 0.465 e. The number of amides is 2. The van der Waals surface area contributed by atoms with Crippen LogP contribution in [0.2, 0.25) is 0 Å². The second-order valence-electron chi connectivity index (χ2n) is 20.6. The molecule has 0 heterocycles. The highest BCUT2D eigenvalue weighted by molar-refractivity contribution is 5.87. The minimum absolute atomic E-state index is 0.00609. The Labute approximate surface area is 422 Å². The third-order valence-corrected chi connectivity index (χ3v) is 14.3. The fraction of sp³-hybridized carbons (Fsp3) is 0.932. The topological polar surface area (TPSA) is 105 Å². The number of rotatable bonds is 52. The normalized spacial score (nSPS) is 12.8. The second kappa shape index (κ2) is 49.8. The van der Waals surface area contributed by atoms with Crippen molar-refractivity contribution in [3.8, 4) is 0 Å². The lowest BCUT2D eigenvalue weighted by Gasteiger charge is -2.32. The molecule has 0 aromatic carbocycles. The van der Waals surface area contributed by atoms with Crippen LogP contribution in [0.1, 0.15) is 292 Å². The molecular formula is C59H115N3O6. The predicted molar refractivity (Wildman–Crippen MR) is 289 cm³/mol. The summed E-state index contributed by atoms with van der Waals surface area (Å²) in [6.45, 7) is 20.8. The minimum Gasteiger partial charge on any atom is -0.465 e. The van der Waals surface area contributed by atoms with Crippen LogP contribution in [0.25, 0.3) is 0 Å². The lowest BCUT2D eigenvalue weighted by molar-refractivity contribution is -0.146. The van der Waals surface area contributed by atoms with Crippen molar-refractivity contribution in [3.05, 3.63) is 0 Å². The Balaban J connectivity index is 5.27. The zero-order valence-corrected chi connectivity index (χ0v) is 46.4. The predicted octanol–water partition coefficient (Wildman–Crippen LogP) is 15.9.